The lowest BCUT2D eigenvalue weighted by Gasteiger charge is -2.26. The summed E-state index contributed by atoms with van der Waals surface area (Å²) >= 11 is 0. The van der Waals surface area contributed by atoms with Gasteiger partial charge in [-0.1, -0.05) is 42.5 Å². The van der Waals surface area contributed by atoms with Gasteiger partial charge in [-0.15, -0.1) is 0 Å². The van der Waals surface area contributed by atoms with E-state index in [1.54, 1.807) is 0 Å². The fraction of sp³-hybridized carbons (Fsp3) is 0.250. The van der Waals surface area contributed by atoms with Crippen molar-refractivity contribution < 1.29 is 4.74 Å². The molecule has 1 aromatic heterocycles. The predicted octanol–water partition coefficient (Wildman–Crippen LogP) is 4.83. The number of ether oxygens (including phenoxy) is 1. The van der Waals surface area contributed by atoms with Crippen LogP contribution in [0, 0.1) is 0 Å². The number of aromatic amines is 1. The van der Waals surface area contributed by atoms with Crippen LogP contribution in [0.25, 0.3) is 28.1 Å². The summed E-state index contributed by atoms with van der Waals surface area (Å²) in [6.45, 7) is 4.92. The first kappa shape index (κ1) is 16.5. The van der Waals surface area contributed by atoms with Crippen LogP contribution >= 0.6 is 0 Å². The minimum atomic E-state index is 0.863. The molecule has 0 spiro atoms. The van der Waals surface area contributed by atoms with Gasteiger partial charge in [0.2, 0.25) is 0 Å². The molecule has 1 aliphatic carbocycles. The number of fused-ring (bicyclic) bond motifs is 2. The molecule has 1 aliphatic heterocycles. The second kappa shape index (κ2) is 7.18. The molecular formula is C24H24N2O. The van der Waals surface area contributed by atoms with Gasteiger partial charge in [0.15, 0.2) is 0 Å². The van der Waals surface area contributed by atoms with E-state index in [0.717, 1.165) is 39.3 Å². The minimum absolute atomic E-state index is 0.863. The largest absolute Gasteiger partial charge is 0.379 e. The molecule has 0 amide bonds. The van der Waals surface area contributed by atoms with Crippen molar-refractivity contribution >= 4 is 28.1 Å². The molecule has 1 saturated heterocycles. The Labute approximate surface area is 160 Å². The molecule has 2 aromatic carbocycles. The molecule has 27 heavy (non-hydrogen) atoms. The summed E-state index contributed by atoms with van der Waals surface area (Å²) in [5.41, 5.74) is 7.96. The number of hydrogen-bond acceptors (Lipinski definition) is 2. The molecule has 3 heteroatoms. The van der Waals surface area contributed by atoms with E-state index < -0.39 is 0 Å². The lowest BCUT2D eigenvalue weighted by Crippen LogP contribution is -2.36. The highest BCUT2D eigenvalue weighted by molar-refractivity contribution is 6.04. The molecule has 1 N–H and O–H groups in total. The Morgan fingerprint density at radius 1 is 0.963 bits per heavy atom. The van der Waals surface area contributed by atoms with E-state index >= 15 is 0 Å². The summed E-state index contributed by atoms with van der Waals surface area (Å²) in [7, 11) is 0. The molecule has 0 bridgehead atoms. The summed E-state index contributed by atoms with van der Waals surface area (Å²) in [5, 5.41) is 1.28. The summed E-state index contributed by atoms with van der Waals surface area (Å²) in [6, 6.07) is 17.4. The van der Waals surface area contributed by atoms with E-state index in [9.17, 15) is 0 Å². The maximum Gasteiger partial charge on any atom is 0.0594 e. The molecule has 136 valence electrons. The molecule has 2 aliphatic rings. The average molecular weight is 356 g/mol. The Bertz CT molecular complexity index is 1020. The van der Waals surface area contributed by atoms with Crippen LogP contribution < -0.4 is 0 Å². The Kier molecular flexibility index (Phi) is 4.40. The highest BCUT2D eigenvalue weighted by Gasteiger charge is 2.19. The van der Waals surface area contributed by atoms with E-state index in [1.165, 1.54) is 38.7 Å². The Hall–Kier alpha value is -2.62. The number of allylic oxidation sites excluding steroid dienone is 2. The molecule has 3 nitrogen and oxygen atoms in total. The summed E-state index contributed by atoms with van der Waals surface area (Å²) < 4.78 is 5.47. The van der Waals surface area contributed by atoms with Crippen molar-refractivity contribution in [2.24, 2.45) is 0 Å². The number of morpholine rings is 1. The minimum Gasteiger partial charge on any atom is -0.379 e. The lowest BCUT2D eigenvalue weighted by atomic mass is 10.0. The standard InChI is InChI=1S/C24H24N2O/c1-2-6-22-20(16-18-4-3-7-24-23(18)8-10-25-24)17-19(21(22)5-1)9-11-26-12-14-27-15-13-26/h1-8,10,16-17,25H,9,11-15H2/b20-16+. The number of rotatable bonds is 4. The zero-order valence-electron chi connectivity index (χ0n) is 15.4. The fourth-order valence-corrected chi connectivity index (χ4v) is 4.19. The molecule has 2 heterocycles. The number of nitrogens with zero attached hydrogens (tertiary/aromatic N) is 1. The van der Waals surface area contributed by atoms with Crippen LogP contribution in [0.3, 0.4) is 0 Å². The van der Waals surface area contributed by atoms with E-state index in [2.05, 4.69) is 70.6 Å². The van der Waals surface area contributed by atoms with Crippen LogP contribution in [0.4, 0.5) is 0 Å². The first-order chi connectivity index (χ1) is 13.4. The SMILES string of the molecule is C1=C(CCN2CCOCC2)c2ccccc2/C1=C/c1cccc2[nH]ccc12. The van der Waals surface area contributed by atoms with Crippen LogP contribution in [-0.2, 0) is 4.74 Å². The molecule has 0 radical (unpaired) electrons. The van der Waals surface area contributed by atoms with Crippen molar-refractivity contribution in [1.29, 1.82) is 0 Å². The van der Waals surface area contributed by atoms with Crippen molar-refractivity contribution in [2.75, 3.05) is 32.8 Å². The van der Waals surface area contributed by atoms with Crippen LogP contribution in [0.15, 0.2) is 60.8 Å². The first-order valence-corrected chi connectivity index (χ1v) is 9.77. The quantitative estimate of drug-likeness (QED) is 0.725. The summed E-state index contributed by atoms with van der Waals surface area (Å²) in [5.74, 6) is 0. The van der Waals surface area contributed by atoms with Crippen molar-refractivity contribution in [3.63, 3.8) is 0 Å². The van der Waals surface area contributed by atoms with Crippen LogP contribution in [0.2, 0.25) is 0 Å². The van der Waals surface area contributed by atoms with Gasteiger partial charge in [-0.25, -0.2) is 0 Å². The van der Waals surface area contributed by atoms with Gasteiger partial charge in [0.1, 0.15) is 0 Å². The third-order valence-corrected chi connectivity index (χ3v) is 5.65. The summed E-state index contributed by atoms with van der Waals surface area (Å²) in [6.07, 6.45) is 7.81. The highest BCUT2D eigenvalue weighted by atomic mass is 16.5. The molecule has 0 unspecified atom stereocenters. The number of H-pyrrole nitrogens is 1. The van der Waals surface area contributed by atoms with E-state index in [-0.39, 0.29) is 0 Å². The fourth-order valence-electron chi connectivity index (χ4n) is 4.19. The highest BCUT2D eigenvalue weighted by Crippen LogP contribution is 2.38. The van der Waals surface area contributed by atoms with Gasteiger partial charge in [0.05, 0.1) is 13.2 Å². The second-order valence-corrected chi connectivity index (χ2v) is 7.30. The molecule has 0 atom stereocenters. The Morgan fingerprint density at radius 3 is 2.70 bits per heavy atom. The Balaban J connectivity index is 1.47. The third kappa shape index (κ3) is 3.25. The summed E-state index contributed by atoms with van der Waals surface area (Å²) in [4.78, 5) is 5.82. The van der Waals surface area contributed by atoms with E-state index in [4.69, 9.17) is 4.74 Å². The number of hydrogen-bond donors (Lipinski definition) is 1. The monoisotopic (exact) mass is 356 g/mol. The predicted molar refractivity (Wildman–Crippen MR) is 112 cm³/mol. The Morgan fingerprint density at radius 2 is 1.81 bits per heavy atom. The number of nitrogens with one attached hydrogen (secondary N) is 1. The average Bonchev–Trinajstić information content (AvgIpc) is 3.33. The molecule has 1 fully saturated rings. The lowest BCUT2D eigenvalue weighted by molar-refractivity contribution is 0.0390. The molecule has 5 rings (SSSR count). The molecule has 0 saturated carbocycles. The zero-order valence-corrected chi connectivity index (χ0v) is 15.4. The molecule has 3 aromatic rings. The van der Waals surface area contributed by atoms with Gasteiger partial charge in [-0.2, -0.15) is 0 Å². The van der Waals surface area contributed by atoms with Crippen molar-refractivity contribution in [1.82, 2.24) is 9.88 Å². The maximum absolute atomic E-state index is 5.47. The van der Waals surface area contributed by atoms with Gasteiger partial charge in [0, 0.05) is 36.7 Å². The van der Waals surface area contributed by atoms with Gasteiger partial charge < -0.3 is 9.72 Å². The van der Waals surface area contributed by atoms with Crippen LogP contribution in [0.1, 0.15) is 23.1 Å². The van der Waals surface area contributed by atoms with Crippen LogP contribution in [-0.4, -0.2) is 42.7 Å². The van der Waals surface area contributed by atoms with Gasteiger partial charge >= 0.3 is 0 Å². The zero-order chi connectivity index (χ0) is 18.1. The maximum atomic E-state index is 5.47. The topological polar surface area (TPSA) is 28.3 Å². The third-order valence-electron chi connectivity index (χ3n) is 5.65. The second-order valence-electron chi connectivity index (χ2n) is 7.30. The smallest absolute Gasteiger partial charge is 0.0594 e. The van der Waals surface area contributed by atoms with E-state index in [1.807, 2.05) is 6.20 Å². The normalized spacial score (nSPS) is 18.8. The first-order valence-electron chi connectivity index (χ1n) is 9.77. The van der Waals surface area contributed by atoms with Crippen molar-refractivity contribution in [2.45, 2.75) is 6.42 Å². The van der Waals surface area contributed by atoms with Crippen LogP contribution in [0.5, 0.6) is 0 Å². The van der Waals surface area contributed by atoms with Gasteiger partial charge in [-0.05, 0) is 52.5 Å². The van der Waals surface area contributed by atoms with Gasteiger partial charge in [-0.3, -0.25) is 4.90 Å². The number of benzene rings is 2. The van der Waals surface area contributed by atoms with Gasteiger partial charge in [0.25, 0.3) is 0 Å². The number of aromatic nitrogens is 1. The van der Waals surface area contributed by atoms with Crippen molar-refractivity contribution in [3.05, 3.63) is 77.5 Å². The van der Waals surface area contributed by atoms with E-state index in [0.29, 0.717) is 0 Å². The molecular weight excluding hydrogens is 332 g/mol. The van der Waals surface area contributed by atoms with Crippen molar-refractivity contribution in [3.8, 4) is 0 Å².